The molecule has 0 amide bonds. The molecule has 1 aromatic heterocycles. The van der Waals surface area contributed by atoms with Gasteiger partial charge in [0.25, 0.3) is 6.43 Å². The second-order valence-electron chi connectivity index (χ2n) is 3.67. The van der Waals surface area contributed by atoms with Gasteiger partial charge in [-0.15, -0.1) is 0 Å². The molecule has 1 rings (SSSR count). The summed E-state index contributed by atoms with van der Waals surface area (Å²) in [5.74, 6) is -0.547. The standard InChI is InChI=1S/C12H16F2N2O3/c1-3-19-11(17)5-7-8(12(13)14)4-10(18-2)16-9(7)6-15/h4,12H,3,5-6,15H2,1-2H3. The summed E-state index contributed by atoms with van der Waals surface area (Å²) in [4.78, 5) is 15.4. The number of methoxy groups -OCH3 is 1. The van der Waals surface area contributed by atoms with E-state index in [0.717, 1.165) is 6.07 Å². The van der Waals surface area contributed by atoms with Gasteiger partial charge in [-0.3, -0.25) is 4.79 Å². The predicted octanol–water partition coefficient (Wildman–Crippen LogP) is 1.59. The Labute approximate surface area is 109 Å². The molecule has 7 heteroatoms. The Morgan fingerprint density at radius 2 is 2.21 bits per heavy atom. The molecular weight excluding hydrogens is 258 g/mol. The summed E-state index contributed by atoms with van der Waals surface area (Å²) < 4.78 is 35.6. The van der Waals surface area contributed by atoms with E-state index >= 15 is 0 Å². The number of esters is 1. The highest BCUT2D eigenvalue weighted by atomic mass is 19.3. The van der Waals surface area contributed by atoms with Crippen molar-refractivity contribution in [2.45, 2.75) is 26.3 Å². The number of hydrogen-bond donors (Lipinski definition) is 1. The van der Waals surface area contributed by atoms with Crippen molar-refractivity contribution in [1.29, 1.82) is 0 Å². The number of alkyl halides is 2. The topological polar surface area (TPSA) is 74.4 Å². The van der Waals surface area contributed by atoms with Gasteiger partial charge in [0, 0.05) is 18.2 Å². The number of carbonyl (C=O) groups excluding carboxylic acids is 1. The molecule has 0 saturated heterocycles. The van der Waals surface area contributed by atoms with Crippen LogP contribution < -0.4 is 10.5 Å². The third-order valence-corrected chi connectivity index (χ3v) is 2.48. The van der Waals surface area contributed by atoms with Crippen LogP contribution in [0.1, 0.15) is 30.2 Å². The zero-order chi connectivity index (χ0) is 14.4. The average molecular weight is 274 g/mol. The van der Waals surface area contributed by atoms with Gasteiger partial charge in [-0.25, -0.2) is 13.8 Å². The molecule has 0 aliphatic heterocycles. The Morgan fingerprint density at radius 1 is 1.53 bits per heavy atom. The first-order valence-electron chi connectivity index (χ1n) is 5.73. The Balaban J connectivity index is 3.21. The van der Waals surface area contributed by atoms with E-state index in [1.165, 1.54) is 7.11 Å². The highest BCUT2D eigenvalue weighted by molar-refractivity contribution is 5.73. The van der Waals surface area contributed by atoms with Crippen LogP contribution in [0.5, 0.6) is 5.88 Å². The number of rotatable bonds is 6. The summed E-state index contributed by atoms with van der Waals surface area (Å²) in [5, 5.41) is 0. The van der Waals surface area contributed by atoms with Gasteiger partial charge in [0.2, 0.25) is 5.88 Å². The van der Waals surface area contributed by atoms with Crippen molar-refractivity contribution in [2.75, 3.05) is 13.7 Å². The van der Waals surface area contributed by atoms with Crippen molar-refractivity contribution in [2.24, 2.45) is 5.73 Å². The van der Waals surface area contributed by atoms with E-state index in [4.69, 9.17) is 15.2 Å². The van der Waals surface area contributed by atoms with Crippen molar-refractivity contribution < 1.29 is 23.0 Å². The molecule has 5 nitrogen and oxygen atoms in total. The molecule has 0 radical (unpaired) electrons. The van der Waals surface area contributed by atoms with E-state index in [1.54, 1.807) is 6.92 Å². The van der Waals surface area contributed by atoms with E-state index < -0.39 is 12.4 Å². The summed E-state index contributed by atoms with van der Waals surface area (Å²) in [7, 11) is 1.32. The van der Waals surface area contributed by atoms with Crippen LogP contribution in [0.2, 0.25) is 0 Å². The summed E-state index contributed by atoms with van der Waals surface area (Å²) in [6.45, 7) is 1.76. The molecule has 0 spiro atoms. The number of aromatic nitrogens is 1. The fraction of sp³-hybridized carbons (Fsp3) is 0.500. The normalized spacial score (nSPS) is 10.6. The number of ether oxygens (including phenoxy) is 2. The summed E-state index contributed by atoms with van der Waals surface area (Å²) >= 11 is 0. The minimum Gasteiger partial charge on any atom is -0.481 e. The smallest absolute Gasteiger partial charge is 0.310 e. The van der Waals surface area contributed by atoms with Crippen molar-refractivity contribution in [3.8, 4) is 5.88 Å². The van der Waals surface area contributed by atoms with Gasteiger partial charge in [0.15, 0.2) is 0 Å². The number of nitrogens with zero attached hydrogens (tertiary/aromatic N) is 1. The Kier molecular flexibility index (Phi) is 5.62. The lowest BCUT2D eigenvalue weighted by molar-refractivity contribution is -0.142. The third-order valence-electron chi connectivity index (χ3n) is 2.48. The predicted molar refractivity (Wildman–Crippen MR) is 64.0 cm³/mol. The van der Waals surface area contributed by atoms with E-state index in [1.807, 2.05) is 0 Å². The molecule has 1 aromatic rings. The number of hydrogen-bond acceptors (Lipinski definition) is 5. The minimum atomic E-state index is -2.74. The minimum absolute atomic E-state index is 0.0448. The molecule has 1 heterocycles. The van der Waals surface area contributed by atoms with Crippen LogP contribution in [0.15, 0.2) is 6.07 Å². The van der Waals surface area contributed by atoms with Crippen LogP contribution in [0.3, 0.4) is 0 Å². The lowest BCUT2D eigenvalue weighted by atomic mass is 10.0. The second-order valence-corrected chi connectivity index (χ2v) is 3.67. The maximum Gasteiger partial charge on any atom is 0.310 e. The first-order valence-corrected chi connectivity index (χ1v) is 5.73. The Hall–Kier alpha value is -1.76. The molecule has 2 N–H and O–H groups in total. The molecule has 0 aliphatic carbocycles. The van der Waals surface area contributed by atoms with Crippen molar-refractivity contribution in [3.63, 3.8) is 0 Å². The first-order chi connectivity index (χ1) is 9.03. The van der Waals surface area contributed by atoms with E-state index in [2.05, 4.69) is 4.98 Å². The lowest BCUT2D eigenvalue weighted by Crippen LogP contribution is -2.15. The molecule has 106 valence electrons. The van der Waals surface area contributed by atoms with Crippen LogP contribution in [0.4, 0.5) is 8.78 Å². The zero-order valence-electron chi connectivity index (χ0n) is 10.8. The fourth-order valence-electron chi connectivity index (χ4n) is 1.65. The Bertz CT molecular complexity index is 453. The number of nitrogens with two attached hydrogens (primary N) is 1. The average Bonchev–Trinajstić information content (AvgIpc) is 2.38. The van der Waals surface area contributed by atoms with E-state index in [0.29, 0.717) is 0 Å². The Morgan fingerprint density at radius 3 is 2.68 bits per heavy atom. The van der Waals surface area contributed by atoms with Crippen molar-refractivity contribution >= 4 is 5.97 Å². The highest BCUT2D eigenvalue weighted by Gasteiger charge is 2.21. The van der Waals surface area contributed by atoms with Gasteiger partial charge < -0.3 is 15.2 Å². The highest BCUT2D eigenvalue weighted by Crippen LogP contribution is 2.28. The van der Waals surface area contributed by atoms with Gasteiger partial charge in [0.05, 0.1) is 25.8 Å². The first kappa shape index (κ1) is 15.3. The van der Waals surface area contributed by atoms with Gasteiger partial charge >= 0.3 is 5.97 Å². The zero-order valence-corrected chi connectivity index (χ0v) is 10.8. The summed E-state index contributed by atoms with van der Waals surface area (Å²) in [6.07, 6.45) is -3.02. The van der Waals surface area contributed by atoms with Crippen molar-refractivity contribution in [1.82, 2.24) is 4.98 Å². The maximum absolute atomic E-state index is 13.0. The molecule has 0 unspecified atom stereocenters. The summed E-state index contributed by atoms with van der Waals surface area (Å²) in [5.41, 5.74) is 5.49. The monoisotopic (exact) mass is 274 g/mol. The van der Waals surface area contributed by atoms with Gasteiger partial charge in [-0.05, 0) is 12.5 Å². The van der Waals surface area contributed by atoms with Gasteiger partial charge in [-0.1, -0.05) is 0 Å². The molecular formula is C12H16F2N2O3. The quantitative estimate of drug-likeness (QED) is 0.797. The SMILES string of the molecule is CCOC(=O)Cc1c(C(F)F)cc(OC)nc1CN. The summed E-state index contributed by atoms with van der Waals surface area (Å²) in [6, 6.07) is 1.11. The molecule has 0 aliphatic rings. The lowest BCUT2D eigenvalue weighted by Gasteiger charge is -2.14. The fourth-order valence-corrected chi connectivity index (χ4v) is 1.65. The van der Waals surface area contributed by atoms with Crippen LogP contribution in [0, 0.1) is 0 Å². The van der Waals surface area contributed by atoms with Gasteiger partial charge in [-0.2, -0.15) is 0 Å². The van der Waals surface area contributed by atoms with Crippen LogP contribution in [-0.2, 0) is 22.5 Å². The number of pyridine rings is 1. The molecule has 0 saturated carbocycles. The molecule has 0 bridgehead atoms. The van der Waals surface area contributed by atoms with Crippen molar-refractivity contribution in [3.05, 3.63) is 22.9 Å². The molecule has 0 atom stereocenters. The third kappa shape index (κ3) is 3.85. The largest absolute Gasteiger partial charge is 0.481 e. The molecule has 0 aromatic carbocycles. The van der Waals surface area contributed by atoms with Crippen LogP contribution >= 0.6 is 0 Å². The van der Waals surface area contributed by atoms with E-state index in [9.17, 15) is 13.6 Å². The number of carbonyl (C=O) groups is 1. The van der Waals surface area contributed by atoms with Gasteiger partial charge in [0.1, 0.15) is 0 Å². The van der Waals surface area contributed by atoms with Crippen LogP contribution in [0.25, 0.3) is 0 Å². The molecule has 19 heavy (non-hydrogen) atoms. The maximum atomic E-state index is 13.0. The van der Waals surface area contributed by atoms with Crippen LogP contribution in [-0.4, -0.2) is 24.7 Å². The second kappa shape index (κ2) is 6.98. The van der Waals surface area contributed by atoms with E-state index in [-0.39, 0.29) is 42.3 Å². The molecule has 0 fully saturated rings. The number of halogens is 2.